The molecule has 0 saturated carbocycles. The van der Waals surface area contributed by atoms with Crippen LogP contribution in [0.25, 0.3) is 10.9 Å². The van der Waals surface area contributed by atoms with Gasteiger partial charge in [0.1, 0.15) is 5.75 Å². The molecule has 1 atom stereocenters. The third kappa shape index (κ3) is 5.57. The number of nitrogens with zero attached hydrogens (tertiary/aromatic N) is 6. The maximum atomic E-state index is 13.1. The molecule has 0 aliphatic heterocycles. The second-order valence-electron chi connectivity index (χ2n) is 8.95. The van der Waals surface area contributed by atoms with E-state index in [9.17, 15) is 4.79 Å². The number of benzene rings is 2. The minimum atomic E-state index is -0.126. The first-order chi connectivity index (χ1) is 18.1. The summed E-state index contributed by atoms with van der Waals surface area (Å²) in [6.07, 6.45) is 4.36. The Labute approximate surface area is 214 Å². The summed E-state index contributed by atoms with van der Waals surface area (Å²) in [5.74, 6) is 1.50. The molecule has 0 aliphatic carbocycles. The lowest BCUT2D eigenvalue weighted by Crippen LogP contribution is -2.32. The van der Waals surface area contributed by atoms with Crippen LogP contribution in [0.4, 0.5) is 0 Å². The lowest BCUT2D eigenvalue weighted by atomic mass is 10.1. The molecule has 9 nitrogen and oxygen atoms in total. The Bertz CT molecular complexity index is 1520. The number of H-pyrrole nitrogens is 1. The molecule has 9 heteroatoms. The molecule has 0 spiro atoms. The van der Waals surface area contributed by atoms with Crippen molar-refractivity contribution in [3.8, 4) is 5.75 Å². The number of aromatic nitrogens is 6. The third-order valence-electron chi connectivity index (χ3n) is 6.47. The van der Waals surface area contributed by atoms with E-state index in [2.05, 4.69) is 49.4 Å². The van der Waals surface area contributed by atoms with Crippen molar-refractivity contribution in [3.63, 3.8) is 0 Å². The molecular formula is C28H29N7O2. The highest BCUT2D eigenvalue weighted by molar-refractivity contribution is 5.80. The van der Waals surface area contributed by atoms with Gasteiger partial charge in [-0.15, -0.1) is 5.10 Å². The number of fused-ring (bicyclic) bond motifs is 1. The molecule has 2 aromatic carbocycles. The van der Waals surface area contributed by atoms with E-state index in [1.54, 1.807) is 13.3 Å². The van der Waals surface area contributed by atoms with Crippen LogP contribution in [0.15, 0.2) is 83.9 Å². The molecule has 0 fully saturated rings. The molecular weight excluding hydrogens is 466 g/mol. The SMILES string of the molecule is CC[C@@H](c1nnnn1Cc1ccccc1)N(Cc1cccnc1)Cc1cc2cc(OC)ccc2[nH]c1=O. The number of nitrogens with one attached hydrogen (secondary N) is 1. The first-order valence-corrected chi connectivity index (χ1v) is 12.3. The van der Waals surface area contributed by atoms with E-state index < -0.39 is 0 Å². The van der Waals surface area contributed by atoms with Gasteiger partial charge in [0, 0.05) is 41.9 Å². The molecule has 0 saturated heterocycles. The number of aromatic amines is 1. The lowest BCUT2D eigenvalue weighted by molar-refractivity contribution is 0.161. The monoisotopic (exact) mass is 495 g/mol. The summed E-state index contributed by atoms with van der Waals surface area (Å²) in [6.45, 7) is 3.67. The zero-order valence-corrected chi connectivity index (χ0v) is 20.9. The van der Waals surface area contributed by atoms with Crippen LogP contribution in [-0.2, 0) is 19.6 Å². The molecule has 0 bridgehead atoms. The molecule has 188 valence electrons. The average Bonchev–Trinajstić information content (AvgIpc) is 3.38. The standard InChI is InChI=1S/C28H29N7O2/c1-3-26(27-31-32-33-35(27)18-20-8-5-4-6-9-20)34(17-21-10-7-13-29-16-21)19-23-14-22-15-24(37-2)11-12-25(22)30-28(23)36/h4-16,26H,3,17-19H2,1-2H3,(H,30,36)/t26-/m0/s1. The molecule has 0 unspecified atom stereocenters. The number of ether oxygens (including phenoxy) is 1. The zero-order valence-electron chi connectivity index (χ0n) is 20.9. The lowest BCUT2D eigenvalue weighted by Gasteiger charge is -2.30. The average molecular weight is 496 g/mol. The van der Waals surface area contributed by atoms with Crippen molar-refractivity contribution in [2.45, 2.75) is 39.0 Å². The highest BCUT2D eigenvalue weighted by atomic mass is 16.5. The Morgan fingerprint density at radius 2 is 1.86 bits per heavy atom. The number of tetrazole rings is 1. The normalized spacial score (nSPS) is 12.2. The predicted molar refractivity (Wildman–Crippen MR) is 141 cm³/mol. The molecule has 3 aromatic heterocycles. The third-order valence-corrected chi connectivity index (χ3v) is 6.47. The highest BCUT2D eigenvalue weighted by Gasteiger charge is 2.26. The fraction of sp³-hybridized carbons (Fsp3) is 0.250. The van der Waals surface area contributed by atoms with Gasteiger partial charge < -0.3 is 9.72 Å². The van der Waals surface area contributed by atoms with Gasteiger partial charge in [-0.05, 0) is 58.3 Å². The smallest absolute Gasteiger partial charge is 0.252 e. The van der Waals surface area contributed by atoms with Crippen molar-refractivity contribution in [1.29, 1.82) is 0 Å². The maximum absolute atomic E-state index is 13.1. The van der Waals surface area contributed by atoms with Crippen LogP contribution in [0, 0.1) is 0 Å². The predicted octanol–water partition coefficient (Wildman–Crippen LogP) is 4.12. The zero-order chi connectivity index (χ0) is 25.6. The fourth-order valence-corrected chi connectivity index (χ4v) is 4.62. The summed E-state index contributed by atoms with van der Waals surface area (Å²) in [7, 11) is 1.63. The van der Waals surface area contributed by atoms with Crippen LogP contribution >= 0.6 is 0 Å². The topological polar surface area (TPSA) is 102 Å². The number of rotatable bonds is 10. The van der Waals surface area contributed by atoms with E-state index >= 15 is 0 Å². The summed E-state index contributed by atoms with van der Waals surface area (Å²) in [5, 5.41) is 13.6. The summed E-state index contributed by atoms with van der Waals surface area (Å²) >= 11 is 0. The summed E-state index contributed by atoms with van der Waals surface area (Å²) in [5.41, 5.74) is 3.47. The van der Waals surface area contributed by atoms with Gasteiger partial charge in [0.25, 0.3) is 5.56 Å². The molecule has 1 N–H and O–H groups in total. The van der Waals surface area contributed by atoms with Gasteiger partial charge in [0.05, 0.1) is 19.7 Å². The Kier molecular flexibility index (Phi) is 7.32. The Hall–Kier alpha value is -4.37. The molecule has 5 aromatic rings. The van der Waals surface area contributed by atoms with Crippen LogP contribution in [0.3, 0.4) is 0 Å². The van der Waals surface area contributed by atoms with Gasteiger partial charge in [-0.25, -0.2) is 4.68 Å². The second kappa shape index (κ2) is 11.1. The van der Waals surface area contributed by atoms with Crippen LogP contribution in [0.2, 0.25) is 0 Å². The van der Waals surface area contributed by atoms with Crippen LogP contribution < -0.4 is 10.3 Å². The van der Waals surface area contributed by atoms with Gasteiger partial charge in [-0.2, -0.15) is 0 Å². The first kappa shape index (κ1) is 24.3. The van der Waals surface area contributed by atoms with Crippen molar-refractivity contribution >= 4 is 10.9 Å². The largest absolute Gasteiger partial charge is 0.497 e. The number of hydrogen-bond acceptors (Lipinski definition) is 7. The van der Waals surface area contributed by atoms with Gasteiger partial charge in [-0.1, -0.05) is 43.3 Å². The van der Waals surface area contributed by atoms with E-state index in [1.807, 2.05) is 65.5 Å². The van der Waals surface area contributed by atoms with E-state index in [0.29, 0.717) is 25.2 Å². The van der Waals surface area contributed by atoms with Crippen molar-refractivity contribution in [2.24, 2.45) is 0 Å². The molecule has 0 aliphatic rings. The Morgan fingerprint density at radius 3 is 2.62 bits per heavy atom. The number of hydrogen-bond donors (Lipinski definition) is 1. The van der Waals surface area contributed by atoms with Crippen molar-refractivity contribution in [2.75, 3.05) is 7.11 Å². The van der Waals surface area contributed by atoms with Gasteiger partial charge in [0.2, 0.25) is 0 Å². The maximum Gasteiger partial charge on any atom is 0.252 e. The number of pyridine rings is 2. The van der Waals surface area contributed by atoms with Crippen LogP contribution in [0.5, 0.6) is 5.75 Å². The second-order valence-corrected chi connectivity index (χ2v) is 8.95. The van der Waals surface area contributed by atoms with Crippen LogP contribution in [-0.4, -0.2) is 42.2 Å². The van der Waals surface area contributed by atoms with Gasteiger partial charge >= 0.3 is 0 Å². The van der Waals surface area contributed by atoms with Crippen LogP contribution in [0.1, 0.15) is 41.9 Å². The van der Waals surface area contributed by atoms with E-state index in [0.717, 1.165) is 40.0 Å². The Balaban J connectivity index is 1.52. The quantitative estimate of drug-likeness (QED) is 0.311. The van der Waals surface area contributed by atoms with Gasteiger partial charge in [-0.3, -0.25) is 14.7 Å². The molecule has 0 amide bonds. The number of methoxy groups -OCH3 is 1. The molecule has 0 radical (unpaired) electrons. The highest BCUT2D eigenvalue weighted by Crippen LogP contribution is 2.27. The summed E-state index contributed by atoms with van der Waals surface area (Å²) < 4.78 is 7.23. The molecule has 37 heavy (non-hydrogen) atoms. The van der Waals surface area contributed by atoms with E-state index in [-0.39, 0.29) is 11.6 Å². The molecule has 3 heterocycles. The van der Waals surface area contributed by atoms with E-state index in [4.69, 9.17) is 4.74 Å². The van der Waals surface area contributed by atoms with E-state index in [1.165, 1.54) is 0 Å². The minimum Gasteiger partial charge on any atom is -0.497 e. The van der Waals surface area contributed by atoms with Crippen molar-refractivity contribution in [3.05, 3.63) is 112 Å². The fourth-order valence-electron chi connectivity index (χ4n) is 4.62. The van der Waals surface area contributed by atoms with Crippen molar-refractivity contribution < 1.29 is 4.74 Å². The summed E-state index contributed by atoms with van der Waals surface area (Å²) in [6, 6.07) is 21.5. The molecule has 5 rings (SSSR count). The minimum absolute atomic E-state index is 0.118. The van der Waals surface area contributed by atoms with Gasteiger partial charge in [0.15, 0.2) is 5.82 Å². The summed E-state index contributed by atoms with van der Waals surface area (Å²) in [4.78, 5) is 22.7. The first-order valence-electron chi connectivity index (χ1n) is 12.3. The Morgan fingerprint density at radius 1 is 1.03 bits per heavy atom. The van der Waals surface area contributed by atoms with Crippen molar-refractivity contribution in [1.82, 2.24) is 35.1 Å².